The number of carbonyl (C=O) groups excluding carboxylic acids is 1. The summed E-state index contributed by atoms with van der Waals surface area (Å²) in [5.41, 5.74) is 1.29. The molecule has 2 aliphatic rings. The number of nitrogens with zero attached hydrogens (tertiary/aromatic N) is 3. The van der Waals surface area contributed by atoms with Crippen LogP contribution in [0.5, 0.6) is 0 Å². The first-order valence-electron chi connectivity index (χ1n) is 7.64. The van der Waals surface area contributed by atoms with Crippen LogP contribution < -0.4 is 5.32 Å². The predicted molar refractivity (Wildman–Crippen MR) is 84.8 cm³/mol. The number of hydrogen-bond acceptors (Lipinski definition) is 4. The average Bonchev–Trinajstić information content (AvgIpc) is 3.11. The molecule has 4 rings (SSSR count). The average molecular weight is 314 g/mol. The predicted octanol–water partition coefficient (Wildman–Crippen LogP) is 1.73. The Bertz CT molecular complexity index is 702. The van der Waals surface area contributed by atoms with Crippen molar-refractivity contribution in [3.63, 3.8) is 0 Å². The van der Waals surface area contributed by atoms with Gasteiger partial charge < -0.3 is 9.88 Å². The number of hydrogen-bond donors (Lipinski definition) is 1. The molecule has 2 aliphatic heterocycles. The number of aromatic nitrogens is 3. The van der Waals surface area contributed by atoms with Crippen molar-refractivity contribution < 1.29 is 4.79 Å². The maximum absolute atomic E-state index is 12.5. The molecule has 2 aromatic rings. The molecule has 0 radical (unpaired) electrons. The molecule has 1 amide bonds. The number of aryl methyl sites for hydroxylation is 2. The molecular weight excluding hydrogens is 296 g/mol. The van der Waals surface area contributed by atoms with Gasteiger partial charge in [0, 0.05) is 23.9 Å². The van der Waals surface area contributed by atoms with E-state index in [1.54, 1.807) is 11.8 Å². The Labute approximate surface area is 133 Å². The van der Waals surface area contributed by atoms with E-state index < -0.39 is 0 Å². The van der Waals surface area contributed by atoms with Gasteiger partial charge in [-0.3, -0.25) is 4.79 Å². The van der Waals surface area contributed by atoms with Crippen molar-refractivity contribution in [1.82, 2.24) is 20.1 Å². The van der Waals surface area contributed by atoms with E-state index >= 15 is 0 Å². The van der Waals surface area contributed by atoms with Crippen molar-refractivity contribution >= 4 is 17.7 Å². The van der Waals surface area contributed by atoms with Crippen molar-refractivity contribution in [3.05, 3.63) is 41.5 Å². The zero-order valence-electron chi connectivity index (χ0n) is 12.5. The summed E-state index contributed by atoms with van der Waals surface area (Å²) in [4.78, 5) is 13.8. The molecule has 114 valence electrons. The Hall–Kier alpha value is -1.82. The monoisotopic (exact) mass is 314 g/mol. The second-order valence-corrected chi connectivity index (χ2v) is 7.18. The quantitative estimate of drug-likeness (QED) is 0.917. The van der Waals surface area contributed by atoms with Gasteiger partial charge in [0.15, 0.2) is 0 Å². The van der Waals surface area contributed by atoms with E-state index in [-0.39, 0.29) is 17.2 Å². The van der Waals surface area contributed by atoms with Gasteiger partial charge in [-0.2, -0.15) is 0 Å². The van der Waals surface area contributed by atoms with Crippen LogP contribution in [-0.2, 0) is 24.2 Å². The highest BCUT2D eigenvalue weighted by Gasteiger charge is 2.30. The van der Waals surface area contributed by atoms with Gasteiger partial charge in [-0.05, 0) is 31.4 Å². The lowest BCUT2D eigenvalue weighted by molar-refractivity contribution is -0.121. The van der Waals surface area contributed by atoms with Gasteiger partial charge in [0.25, 0.3) is 0 Å². The van der Waals surface area contributed by atoms with E-state index in [0.717, 1.165) is 37.5 Å². The fourth-order valence-electron chi connectivity index (χ4n) is 3.20. The highest BCUT2D eigenvalue weighted by Crippen LogP contribution is 2.36. The van der Waals surface area contributed by atoms with E-state index in [0.29, 0.717) is 0 Å². The molecule has 5 nitrogen and oxygen atoms in total. The molecule has 3 heterocycles. The molecule has 1 aromatic heterocycles. The normalized spacial score (nSPS) is 23.0. The molecule has 1 aromatic carbocycles. The number of nitrogens with one attached hydrogen (secondary N) is 1. The highest BCUT2D eigenvalue weighted by molar-refractivity contribution is 8.01. The van der Waals surface area contributed by atoms with Crippen LogP contribution in [0.2, 0.25) is 0 Å². The lowest BCUT2D eigenvalue weighted by Crippen LogP contribution is -2.44. The molecule has 0 saturated carbocycles. The minimum atomic E-state index is 0.000746. The van der Waals surface area contributed by atoms with E-state index in [1.165, 1.54) is 10.5 Å². The van der Waals surface area contributed by atoms with Gasteiger partial charge in [0.1, 0.15) is 11.6 Å². The van der Waals surface area contributed by atoms with Crippen LogP contribution in [0, 0.1) is 6.92 Å². The fraction of sp³-hybridized carbons (Fsp3) is 0.438. The first-order valence-corrected chi connectivity index (χ1v) is 8.52. The first-order chi connectivity index (χ1) is 10.7. The summed E-state index contributed by atoms with van der Waals surface area (Å²) in [5.74, 6) is 2.11. The third-order valence-electron chi connectivity index (χ3n) is 4.42. The van der Waals surface area contributed by atoms with E-state index in [4.69, 9.17) is 0 Å². The van der Waals surface area contributed by atoms with Crippen molar-refractivity contribution in [2.75, 3.05) is 0 Å². The Balaban J connectivity index is 1.41. The van der Waals surface area contributed by atoms with Gasteiger partial charge in [0.2, 0.25) is 5.91 Å². The van der Waals surface area contributed by atoms with Gasteiger partial charge in [-0.25, -0.2) is 0 Å². The van der Waals surface area contributed by atoms with E-state index in [1.807, 2.05) is 19.1 Å². The van der Waals surface area contributed by atoms with Gasteiger partial charge in [-0.15, -0.1) is 22.0 Å². The number of rotatable bonds is 2. The first kappa shape index (κ1) is 13.8. The number of benzene rings is 1. The standard InChI is InChI=1S/C16H18N4OS/c1-10-18-19-15-7-6-12(9-20(10)15)17-16(21)14-8-11-4-2-3-5-13(11)22-14/h2-5,12,14H,6-9H2,1H3,(H,17,21). The molecule has 2 unspecified atom stereocenters. The van der Waals surface area contributed by atoms with Gasteiger partial charge >= 0.3 is 0 Å². The van der Waals surface area contributed by atoms with Crippen molar-refractivity contribution in [2.45, 2.75) is 48.9 Å². The van der Waals surface area contributed by atoms with Crippen LogP contribution in [0.15, 0.2) is 29.2 Å². The topological polar surface area (TPSA) is 59.8 Å². The lowest BCUT2D eigenvalue weighted by Gasteiger charge is -2.26. The summed E-state index contributed by atoms with van der Waals surface area (Å²) in [6.45, 7) is 2.74. The molecule has 2 atom stereocenters. The zero-order valence-corrected chi connectivity index (χ0v) is 13.3. The summed E-state index contributed by atoms with van der Waals surface area (Å²) >= 11 is 1.68. The maximum atomic E-state index is 12.5. The van der Waals surface area contributed by atoms with E-state index in [2.05, 4.69) is 32.2 Å². The molecule has 0 spiro atoms. The molecule has 0 fully saturated rings. The third kappa shape index (κ3) is 2.41. The second-order valence-electron chi connectivity index (χ2n) is 5.94. The molecule has 1 N–H and O–H groups in total. The van der Waals surface area contributed by atoms with Crippen LogP contribution in [0.3, 0.4) is 0 Å². The summed E-state index contributed by atoms with van der Waals surface area (Å²) in [7, 11) is 0. The molecule has 0 bridgehead atoms. The van der Waals surface area contributed by atoms with Crippen LogP contribution in [0.25, 0.3) is 0 Å². The second kappa shape index (κ2) is 5.43. The molecule has 22 heavy (non-hydrogen) atoms. The number of amides is 1. The number of thioether (sulfide) groups is 1. The molecular formula is C16H18N4OS. The highest BCUT2D eigenvalue weighted by atomic mass is 32.2. The van der Waals surface area contributed by atoms with E-state index in [9.17, 15) is 4.79 Å². The molecule has 0 saturated heterocycles. The number of carbonyl (C=O) groups is 1. The Morgan fingerprint density at radius 1 is 1.36 bits per heavy atom. The van der Waals surface area contributed by atoms with Crippen LogP contribution in [0.1, 0.15) is 23.6 Å². The smallest absolute Gasteiger partial charge is 0.234 e. The summed E-state index contributed by atoms with van der Waals surface area (Å²) < 4.78 is 2.12. The minimum absolute atomic E-state index is 0.000746. The maximum Gasteiger partial charge on any atom is 0.234 e. The largest absolute Gasteiger partial charge is 0.351 e. The van der Waals surface area contributed by atoms with Crippen molar-refractivity contribution in [2.24, 2.45) is 0 Å². The van der Waals surface area contributed by atoms with Crippen LogP contribution >= 0.6 is 11.8 Å². The zero-order chi connectivity index (χ0) is 15.1. The van der Waals surface area contributed by atoms with Crippen LogP contribution in [0.4, 0.5) is 0 Å². The Kier molecular flexibility index (Phi) is 3.41. The summed E-state index contributed by atoms with van der Waals surface area (Å²) in [6, 6.07) is 8.46. The van der Waals surface area contributed by atoms with Gasteiger partial charge in [-0.1, -0.05) is 18.2 Å². The Morgan fingerprint density at radius 2 is 2.23 bits per heavy atom. The molecule has 6 heteroatoms. The van der Waals surface area contributed by atoms with Crippen molar-refractivity contribution in [3.8, 4) is 0 Å². The van der Waals surface area contributed by atoms with Gasteiger partial charge in [0.05, 0.1) is 5.25 Å². The van der Waals surface area contributed by atoms with Crippen LogP contribution in [-0.4, -0.2) is 32.0 Å². The third-order valence-corrected chi connectivity index (χ3v) is 5.74. The summed E-state index contributed by atoms with van der Waals surface area (Å²) in [6.07, 6.45) is 2.65. The Morgan fingerprint density at radius 3 is 3.09 bits per heavy atom. The SMILES string of the molecule is Cc1nnc2n1CC(NC(=O)C1Cc3ccccc3S1)CC2. The lowest BCUT2D eigenvalue weighted by atomic mass is 10.1. The summed E-state index contributed by atoms with van der Waals surface area (Å²) in [5, 5.41) is 11.5. The minimum Gasteiger partial charge on any atom is -0.351 e. The number of fused-ring (bicyclic) bond motifs is 2. The fourth-order valence-corrected chi connectivity index (χ4v) is 4.41. The molecule has 0 aliphatic carbocycles. The van der Waals surface area contributed by atoms with Crippen molar-refractivity contribution in [1.29, 1.82) is 0 Å².